The number of piperidine rings is 1. The van der Waals surface area contributed by atoms with Crippen LogP contribution in [0.3, 0.4) is 0 Å². The fourth-order valence-electron chi connectivity index (χ4n) is 3.67. The van der Waals surface area contributed by atoms with Crippen LogP contribution in [0.5, 0.6) is 0 Å². The first-order valence-corrected chi connectivity index (χ1v) is 9.21. The van der Waals surface area contributed by atoms with Crippen LogP contribution in [-0.4, -0.2) is 71.8 Å². The van der Waals surface area contributed by atoms with E-state index in [1.165, 1.54) is 6.42 Å². The van der Waals surface area contributed by atoms with Crippen molar-refractivity contribution in [3.05, 3.63) is 29.8 Å². The van der Waals surface area contributed by atoms with E-state index in [0.29, 0.717) is 36.9 Å². The Kier molecular flexibility index (Phi) is 5.58. The molecule has 1 atom stereocenters. The highest BCUT2D eigenvalue weighted by Crippen LogP contribution is 2.17. The van der Waals surface area contributed by atoms with Crippen LogP contribution in [0.25, 0.3) is 0 Å². The summed E-state index contributed by atoms with van der Waals surface area (Å²) >= 11 is 0. The first-order chi connectivity index (χ1) is 12.0. The van der Waals surface area contributed by atoms with Gasteiger partial charge in [0, 0.05) is 50.0 Å². The van der Waals surface area contributed by atoms with Gasteiger partial charge in [0.1, 0.15) is 0 Å². The van der Waals surface area contributed by atoms with E-state index >= 15 is 0 Å². The van der Waals surface area contributed by atoms with E-state index in [0.717, 1.165) is 32.5 Å². The maximum atomic E-state index is 12.5. The molecule has 2 N–H and O–H groups in total. The standard InChI is InChI=1S/C19H28N4O2/c1-15-4-2-3-9-23(15)18(24)14-21-10-12-22(13-11-21)19(25)16-5-7-17(20)8-6-16/h5-8,15H,2-4,9-14,20H2,1H3. The summed E-state index contributed by atoms with van der Waals surface area (Å²) in [5.41, 5.74) is 7.00. The van der Waals surface area contributed by atoms with Crippen molar-refractivity contribution in [1.82, 2.24) is 14.7 Å². The summed E-state index contributed by atoms with van der Waals surface area (Å²) in [6.07, 6.45) is 3.44. The van der Waals surface area contributed by atoms with Crippen molar-refractivity contribution < 1.29 is 9.59 Å². The largest absolute Gasteiger partial charge is 0.399 e. The second-order valence-corrected chi connectivity index (χ2v) is 7.12. The first kappa shape index (κ1) is 17.7. The van der Waals surface area contributed by atoms with Gasteiger partial charge >= 0.3 is 0 Å². The molecule has 0 aliphatic carbocycles. The van der Waals surface area contributed by atoms with Crippen molar-refractivity contribution in [2.24, 2.45) is 0 Å². The zero-order valence-electron chi connectivity index (χ0n) is 15.0. The number of piperazine rings is 1. The summed E-state index contributed by atoms with van der Waals surface area (Å²) in [6.45, 7) is 6.30. The summed E-state index contributed by atoms with van der Waals surface area (Å²) in [5.74, 6) is 0.265. The smallest absolute Gasteiger partial charge is 0.253 e. The lowest BCUT2D eigenvalue weighted by Gasteiger charge is -2.38. The van der Waals surface area contributed by atoms with Crippen LogP contribution in [0.1, 0.15) is 36.5 Å². The van der Waals surface area contributed by atoms with E-state index in [9.17, 15) is 9.59 Å². The lowest BCUT2D eigenvalue weighted by Crippen LogP contribution is -2.53. The first-order valence-electron chi connectivity index (χ1n) is 9.21. The Labute approximate surface area is 149 Å². The van der Waals surface area contributed by atoms with Crippen molar-refractivity contribution in [3.63, 3.8) is 0 Å². The minimum atomic E-state index is 0.0376. The monoisotopic (exact) mass is 344 g/mol. The molecule has 136 valence electrons. The molecule has 6 heteroatoms. The molecule has 3 rings (SSSR count). The number of benzene rings is 1. The Morgan fingerprint density at radius 3 is 2.36 bits per heavy atom. The maximum Gasteiger partial charge on any atom is 0.253 e. The topological polar surface area (TPSA) is 69.9 Å². The lowest BCUT2D eigenvalue weighted by molar-refractivity contribution is -0.136. The molecule has 2 aliphatic heterocycles. The number of hydrogen-bond acceptors (Lipinski definition) is 4. The van der Waals surface area contributed by atoms with Crippen molar-refractivity contribution in [2.45, 2.75) is 32.2 Å². The molecule has 0 aromatic heterocycles. The normalized spacial score (nSPS) is 22.0. The minimum Gasteiger partial charge on any atom is -0.399 e. The molecule has 0 bridgehead atoms. The number of carbonyl (C=O) groups is 2. The number of amides is 2. The average Bonchev–Trinajstić information content (AvgIpc) is 2.63. The highest BCUT2D eigenvalue weighted by Gasteiger charge is 2.27. The number of hydrogen-bond donors (Lipinski definition) is 1. The third-order valence-electron chi connectivity index (χ3n) is 5.30. The lowest BCUT2D eigenvalue weighted by atomic mass is 10.0. The second kappa shape index (κ2) is 7.87. The van der Waals surface area contributed by atoms with Gasteiger partial charge in [-0.1, -0.05) is 0 Å². The molecule has 2 saturated heterocycles. The zero-order valence-corrected chi connectivity index (χ0v) is 15.0. The Morgan fingerprint density at radius 2 is 1.72 bits per heavy atom. The van der Waals surface area contributed by atoms with E-state index in [4.69, 9.17) is 5.73 Å². The van der Waals surface area contributed by atoms with Gasteiger partial charge in [0.2, 0.25) is 5.91 Å². The minimum absolute atomic E-state index is 0.0376. The molecule has 2 fully saturated rings. The Balaban J connectivity index is 1.49. The molecule has 25 heavy (non-hydrogen) atoms. The van der Waals surface area contributed by atoms with E-state index in [1.807, 2.05) is 9.80 Å². The molecular weight excluding hydrogens is 316 g/mol. The Morgan fingerprint density at radius 1 is 1.04 bits per heavy atom. The van der Waals surface area contributed by atoms with Gasteiger partial charge in [-0.05, 0) is 50.5 Å². The Hall–Kier alpha value is -2.08. The van der Waals surface area contributed by atoms with Crippen molar-refractivity contribution in [1.29, 1.82) is 0 Å². The summed E-state index contributed by atoms with van der Waals surface area (Å²) in [7, 11) is 0. The Bertz CT molecular complexity index is 608. The van der Waals surface area contributed by atoms with Crippen LogP contribution in [0.2, 0.25) is 0 Å². The van der Waals surface area contributed by atoms with Crippen LogP contribution in [0, 0.1) is 0 Å². The summed E-state index contributed by atoms with van der Waals surface area (Å²) in [6, 6.07) is 7.40. The third-order valence-corrected chi connectivity index (χ3v) is 5.30. The number of nitrogens with two attached hydrogens (primary N) is 1. The van der Waals surface area contributed by atoms with E-state index in [2.05, 4.69) is 11.8 Å². The van der Waals surface area contributed by atoms with Gasteiger partial charge in [-0.3, -0.25) is 14.5 Å². The average molecular weight is 344 g/mol. The molecule has 1 unspecified atom stereocenters. The van der Waals surface area contributed by atoms with E-state index in [-0.39, 0.29) is 11.8 Å². The summed E-state index contributed by atoms with van der Waals surface area (Å²) < 4.78 is 0. The SMILES string of the molecule is CC1CCCCN1C(=O)CN1CCN(C(=O)c2ccc(N)cc2)CC1. The number of likely N-dealkylation sites (tertiary alicyclic amines) is 1. The summed E-state index contributed by atoms with van der Waals surface area (Å²) in [4.78, 5) is 31.1. The van der Waals surface area contributed by atoms with Gasteiger partial charge in [-0.25, -0.2) is 0 Å². The van der Waals surface area contributed by atoms with Crippen LogP contribution in [-0.2, 0) is 4.79 Å². The molecule has 0 saturated carbocycles. The predicted octanol–water partition coefficient (Wildman–Crippen LogP) is 1.43. The van der Waals surface area contributed by atoms with Crippen LogP contribution in [0.4, 0.5) is 5.69 Å². The second-order valence-electron chi connectivity index (χ2n) is 7.12. The fraction of sp³-hybridized carbons (Fsp3) is 0.579. The molecule has 1 aromatic carbocycles. The number of carbonyl (C=O) groups excluding carboxylic acids is 2. The van der Waals surface area contributed by atoms with E-state index < -0.39 is 0 Å². The van der Waals surface area contributed by atoms with Crippen molar-refractivity contribution >= 4 is 17.5 Å². The highest BCUT2D eigenvalue weighted by molar-refractivity contribution is 5.94. The fourth-order valence-corrected chi connectivity index (χ4v) is 3.67. The van der Waals surface area contributed by atoms with Crippen LogP contribution >= 0.6 is 0 Å². The van der Waals surface area contributed by atoms with Gasteiger partial charge in [-0.2, -0.15) is 0 Å². The number of anilines is 1. The maximum absolute atomic E-state index is 12.5. The number of nitrogen functional groups attached to an aromatic ring is 1. The van der Waals surface area contributed by atoms with Crippen LogP contribution < -0.4 is 5.73 Å². The molecule has 0 radical (unpaired) electrons. The van der Waals surface area contributed by atoms with Crippen LogP contribution in [0.15, 0.2) is 24.3 Å². The van der Waals surface area contributed by atoms with Gasteiger partial charge in [-0.15, -0.1) is 0 Å². The van der Waals surface area contributed by atoms with Gasteiger partial charge in [0.15, 0.2) is 0 Å². The van der Waals surface area contributed by atoms with Crippen molar-refractivity contribution in [3.8, 4) is 0 Å². The van der Waals surface area contributed by atoms with Crippen molar-refractivity contribution in [2.75, 3.05) is 45.0 Å². The molecule has 2 heterocycles. The predicted molar refractivity (Wildman–Crippen MR) is 98.2 cm³/mol. The molecule has 0 spiro atoms. The number of rotatable bonds is 3. The number of nitrogens with zero attached hydrogens (tertiary/aromatic N) is 3. The molecule has 6 nitrogen and oxygen atoms in total. The molecule has 2 aliphatic rings. The molecule has 1 aromatic rings. The highest BCUT2D eigenvalue weighted by atomic mass is 16.2. The summed E-state index contributed by atoms with van der Waals surface area (Å²) in [5, 5.41) is 0. The quantitative estimate of drug-likeness (QED) is 0.842. The van der Waals surface area contributed by atoms with Gasteiger partial charge in [0.05, 0.1) is 6.54 Å². The van der Waals surface area contributed by atoms with E-state index in [1.54, 1.807) is 24.3 Å². The van der Waals surface area contributed by atoms with Gasteiger partial charge in [0.25, 0.3) is 5.91 Å². The van der Waals surface area contributed by atoms with Gasteiger partial charge < -0.3 is 15.5 Å². The third kappa shape index (κ3) is 4.31. The molecular formula is C19H28N4O2. The molecule has 2 amide bonds. The zero-order chi connectivity index (χ0) is 17.8.